The van der Waals surface area contributed by atoms with Crippen LogP contribution in [0, 0.1) is 13.8 Å². The zero-order valence-electron chi connectivity index (χ0n) is 11.9. The molecule has 1 aliphatic rings. The van der Waals surface area contributed by atoms with Gasteiger partial charge in [0.05, 0.1) is 11.7 Å². The first-order valence-electron chi connectivity index (χ1n) is 6.81. The lowest BCUT2D eigenvalue weighted by molar-refractivity contribution is 0.473. The average Bonchev–Trinajstić information content (AvgIpc) is 2.91. The van der Waals surface area contributed by atoms with Gasteiger partial charge in [-0.05, 0) is 20.3 Å². The zero-order valence-corrected chi connectivity index (χ0v) is 11.9. The van der Waals surface area contributed by atoms with E-state index in [0.29, 0.717) is 0 Å². The minimum Gasteiger partial charge on any atom is -0.354 e. The van der Waals surface area contributed by atoms with Crippen molar-refractivity contribution in [1.29, 1.82) is 0 Å². The molecule has 102 valence electrons. The van der Waals surface area contributed by atoms with E-state index in [9.17, 15) is 0 Å². The quantitative estimate of drug-likeness (QED) is 0.891. The Morgan fingerprint density at radius 3 is 2.74 bits per heavy atom. The minimum absolute atomic E-state index is 0.248. The third-order valence-corrected chi connectivity index (χ3v) is 3.89. The number of nitrogens with zero attached hydrogens (tertiary/aromatic N) is 5. The largest absolute Gasteiger partial charge is 0.354 e. The Morgan fingerprint density at radius 2 is 2.11 bits per heavy atom. The lowest BCUT2D eigenvalue weighted by Crippen LogP contribution is -2.25. The normalized spacial score (nSPS) is 18.2. The fourth-order valence-electron chi connectivity index (χ4n) is 2.84. The van der Waals surface area contributed by atoms with Crippen LogP contribution in [0.1, 0.15) is 42.2 Å². The summed E-state index contributed by atoms with van der Waals surface area (Å²) in [6, 6.07) is 0.248. The molecule has 2 aromatic heterocycles. The molecule has 1 aliphatic heterocycles. The second kappa shape index (κ2) is 4.36. The topological polar surface area (TPSA) is 60.6 Å². The van der Waals surface area contributed by atoms with Crippen LogP contribution in [0.2, 0.25) is 0 Å². The Labute approximate surface area is 112 Å². The summed E-state index contributed by atoms with van der Waals surface area (Å²) in [5.74, 6) is 1.78. The number of nitrogens with one attached hydrogen (secondary N) is 1. The highest BCUT2D eigenvalue weighted by molar-refractivity contribution is 5.36. The molecule has 0 spiro atoms. The maximum absolute atomic E-state index is 4.62. The Bertz CT molecular complexity index is 609. The maximum Gasteiger partial charge on any atom is 0.221 e. The van der Waals surface area contributed by atoms with E-state index in [4.69, 9.17) is 0 Å². The van der Waals surface area contributed by atoms with Crippen molar-refractivity contribution < 1.29 is 0 Å². The number of anilines is 1. The van der Waals surface area contributed by atoms with Gasteiger partial charge in [-0.1, -0.05) is 6.92 Å². The average molecular weight is 260 g/mol. The second-order valence-corrected chi connectivity index (χ2v) is 5.09. The third-order valence-electron chi connectivity index (χ3n) is 3.89. The first kappa shape index (κ1) is 12.2. The highest BCUT2D eigenvalue weighted by Gasteiger charge is 2.28. The van der Waals surface area contributed by atoms with E-state index >= 15 is 0 Å². The highest BCUT2D eigenvalue weighted by Crippen LogP contribution is 2.32. The molecule has 19 heavy (non-hydrogen) atoms. The number of fused-ring (bicyclic) bond motifs is 1. The summed E-state index contributed by atoms with van der Waals surface area (Å²) < 4.78 is 3.98. The molecular formula is C13H20N6. The summed E-state index contributed by atoms with van der Waals surface area (Å²) in [5, 5.41) is 12.5. The van der Waals surface area contributed by atoms with Crippen molar-refractivity contribution in [2.45, 2.75) is 39.7 Å². The van der Waals surface area contributed by atoms with E-state index in [-0.39, 0.29) is 6.04 Å². The molecule has 0 aliphatic carbocycles. The molecule has 6 heteroatoms. The summed E-state index contributed by atoms with van der Waals surface area (Å²) in [6.45, 7) is 7.20. The van der Waals surface area contributed by atoms with Gasteiger partial charge in [0, 0.05) is 31.3 Å². The van der Waals surface area contributed by atoms with E-state index in [2.05, 4.69) is 41.3 Å². The molecule has 0 radical (unpaired) electrons. The van der Waals surface area contributed by atoms with Gasteiger partial charge in [0.25, 0.3) is 0 Å². The van der Waals surface area contributed by atoms with E-state index in [1.165, 1.54) is 11.3 Å². The first-order valence-corrected chi connectivity index (χ1v) is 6.81. The van der Waals surface area contributed by atoms with Crippen molar-refractivity contribution in [2.24, 2.45) is 7.05 Å². The standard InChI is InChI=1S/C13H20N6/c1-5-11-15-13-14-7-6-10(19(13)17-11)12-8(2)16-18(4)9(12)3/h10H,5-7H2,1-4H3,(H,14,15,17). The fraction of sp³-hybridized carbons (Fsp3) is 0.615. The molecule has 0 saturated carbocycles. The molecule has 0 saturated heterocycles. The van der Waals surface area contributed by atoms with Crippen molar-refractivity contribution in [3.63, 3.8) is 0 Å². The van der Waals surface area contributed by atoms with Crippen molar-refractivity contribution in [1.82, 2.24) is 24.5 Å². The zero-order chi connectivity index (χ0) is 13.6. The van der Waals surface area contributed by atoms with Crippen LogP contribution in [0.25, 0.3) is 0 Å². The molecule has 0 bridgehead atoms. The monoisotopic (exact) mass is 260 g/mol. The number of rotatable bonds is 2. The van der Waals surface area contributed by atoms with Crippen molar-refractivity contribution in [3.05, 3.63) is 22.8 Å². The third kappa shape index (κ3) is 1.82. The number of aromatic nitrogens is 5. The van der Waals surface area contributed by atoms with Crippen molar-refractivity contribution >= 4 is 5.95 Å². The van der Waals surface area contributed by atoms with Crippen LogP contribution in [0.5, 0.6) is 0 Å². The molecule has 0 amide bonds. The van der Waals surface area contributed by atoms with Crippen molar-refractivity contribution in [2.75, 3.05) is 11.9 Å². The summed E-state index contributed by atoms with van der Waals surface area (Å²) in [7, 11) is 1.99. The van der Waals surface area contributed by atoms with Crippen LogP contribution in [-0.4, -0.2) is 31.1 Å². The predicted molar refractivity (Wildman–Crippen MR) is 73.3 cm³/mol. The first-order chi connectivity index (χ1) is 9.11. The van der Waals surface area contributed by atoms with Crippen LogP contribution in [0.3, 0.4) is 0 Å². The summed E-state index contributed by atoms with van der Waals surface area (Å²) >= 11 is 0. The number of aryl methyl sites for hydroxylation is 3. The Hall–Kier alpha value is -1.85. The minimum atomic E-state index is 0.248. The Balaban J connectivity index is 2.10. The van der Waals surface area contributed by atoms with Gasteiger partial charge in [0.15, 0.2) is 5.82 Å². The molecule has 3 heterocycles. The van der Waals surface area contributed by atoms with Gasteiger partial charge >= 0.3 is 0 Å². The lowest BCUT2D eigenvalue weighted by Gasteiger charge is -2.24. The Morgan fingerprint density at radius 1 is 1.32 bits per heavy atom. The van der Waals surface area contributed by atoms with Crippen LogP contribution < -0.4 is 5.32 Å². The van der Waals surface area contributed by atoms with E-state index < -0.39 is 0 Å². The summed E-state index contributed by atoms with van der Waals surface area (Å²) in [5.41, 5.74) is 3.59. The van der Waals surface area contributed by atoms with Gasteiger partial charge < -0.3 is 5.32 Å². The van der Waals surface area contributed by atoms with Crippen LogP contribution in [0.4, 0.5) is 5.95 Å². The SMILES string of the molecule is CCc1nc2n(n1)C(c1c(C)nn(C)c1C)CCN2. The van der Waals surface area contributed by atoms with E-state index in [1.54, 1.807) is 0 Å². The van der Waals surface area contributed by atoms with Gasteiger partial charge in [-0.25, -0.2) is 4.68 Å². The van der Waals surface area contributed by atoms with Crippen LogP contribution in [0.15, 0.2) is 0 Å². The summed E-state index contributed by atoms with van der Waals surface area (Å²) in [6.07, 6.45) is 1.88. The molecule has 1 N–H and O–H groups in total. The van der Waals surface area contributed by atoms with Crippen LogP contribution >= 0.6 is 0 Å². The van der Waals surface area contributed by atoms with Gasteiger partial charge in [0.2, 0.25) is 5.95 Å². The van der Waals surface area contributed by atoms with E-state index in [0.717, 1.165) is 36.9 Å². The number of hydrogen-bond acceptors (Lipinski definition) is 4. The molecule has 3 rings (SSSR count). The lowest BCUT2D eigenvalue weighted by atomic mass is 10.0. The molecule has 1 atom stereocenters. The van der Waals surface area contributed by atoms with Crippen molar-refractivity contribution in [3.8, 4) is 0 Å². The molecule has 2 aromatic rings. The smallest absolute Gasteiger partial charge is 0.221 e. The molecule has 0 fully saturated rings. The number of hydrogen-bond donors (Lipinski definition) is 1. The van der Waals surface area contributed by atoms with Gasteiger partial charge in [-0.3, -0.25) is 4.68 Å². The van der Waals surface area contributed by atoms with Gasteiger partial charge in [-0.2, -0.15) is 15.2 Å². The molecular weight excluding hydrogens is 240 g/mol. The van der Waals surface area contributed by atoms with Gasteiger partial charge in [-0.15, -0.1) is 0 Å². The molecule has 1 unspecified atom stereocenters. The predicted octanol–water partition coefficient (Wildman–Crippen LogP) is 1.60. The van der Waals surface area contributed by atoms with Crippen LogP contribution in [-0.2, 0) is 13.5 Å². The second-order valence-electron chi connectivity index (χ2n) is 5.09. The van der Waals surface area contributed by atoms with E-state index in [1.807, 2.05) is 16.4 Å². The highest BCUT2D eigenvalue weighted by atomic mass is 15.4. The Kier molecular flexibility index (Phi) is 2.80. The molecule has 0 aromatic carbocycles. The summed E-state index contributed by atoms with van der Waals surface area (Å²) in [4.78, 5) is 4.52. The fourth-order valence-corrected chi connectivity index (χ4v) is 2.84. The molecule has 6 nitrogen and oxygen atoms in total. The maximum atomic E-state index is 4.62. The van der Waals surface area contributed by atoms with Gasteiger partial charge in [0.1, 0.15) is 0 Å².